The number of rotatable bonds is 2. The molecule has 1 aromatic rings. The van der Waals surface area contributed by atoms with Crippen molar-refractivity contribution in [1.82, 2.24) is 4.90 Å². The van der Waals surface area contributed by atoms with Crippen LogP contribution in [0, 0.1) is 0 Å². The Morgan fingerprint density at radius 1 is 1.18 bits per heavy atom. The van der Waals surface area contributed by atoms with Gasteiger partial charge in [-0.05, 0) is 43.9 Å². The number of nitrogens with zero attached hydrogens (tertiary/aromatic N) is 1. The van der Waals surface area contributed by atoms with Crippen LogP contribution < -0.4 is 5.73 Å². The van der Waals surface area contributed by atoms with Gasteiger partial charge in [0, 0.05) is 16.6 Å². The SMILES string of the molecule is NC1CCCN(C2CC2)C1c1ccccc1Br. The van der Waals surface area contributed by atoms with Crippen LogP contribution in [0.5, 0.6) is 0 Å². The first-order valence-electron chi connectivity index (χ1n) is 6.53. The average molecular weight is 295 g/mol. The quantitative estimate of drug-likeness (QED) is 0.908. The summed E-state index contributed by atoms with van der Waals surface area (Å²) < 4.78 is 1.20. The second kappa shape index (κ2) is 4.71. The fourth-order valence-electron chi connectivity index (χ4n) is 2.99. The van der Waals surface area contributed by atoms with Crippen molar-refractivity contribution in [2.45, 2.75) is 43.8 Å². The smallest absolute Gasteiger partial charge is 0.0513 e. The number of halogens is 1. The second-order valence-corrected chi connectivity index (χ2v) is 6.10. The van der Waals surface area contributed by atoms with E-state index in [0.717, 1.165) is 12.5 Å². The molecule has 17 heavy (non-hydrogen) atoms. The molecule has 0 radical (unpaired) electrons. The molecule has 1 saturated heterocycles. The molecule has 1 heterocycles. The third-order valence-electron chi connectivity index (χ3n) is 3.96. The van der Waals surface area contributed by atoms with Gasteiger partial charge in [-0.15, -0.1) is 0 Å². The molecule has 92 valence electrons. The maximum atomic E-state index is 6.37. The molecule has 2 atom stereocenters. The Bertz CT molecular complexity index is 403. The number of piperidine rings is 1. The topological polar surface area (TPSA) is 29.3 Å². The molecule has 2 fully saturated rings. The summed E-state index contributed by atoms with van der Waals surface area (Å²) in [6, 6.07) is 10.0. The van der Waals surface area contributed by atoms with Gasteiger partial charge in [-0.25, -0.2) is 0 Å². The van der Waals surface area contributed by atoms with Crippen LogP contribution in [-0.4, -0.2) is 23.5 Å². The van der Waals surface area contributed by atoms with Gasteiger partial charge in [-0.1, -0.05) is 34.1 Å². The second-order valence-electron chi connectivity index (χ2n) is 5.24. The molecule has 0 aromatic heterocycles. The third-order valence-corrected chi connectivity index (χ3v) is 4.68. The van der Waals surface area contributed by atoms with E-state index in [1.165, 1.54) is 35.8 Å². The van der Waals surface area contributed by atoms with Gasteiger partial charge in [0.25, 0.3) is 0 Å². The monoisotopic (exact) mass is 294 g/mol. The first-order chi connectivity index (χ1) is 8.27. The molecule has 3 heteroatoms. The molecule has 0 bridgehead atoms. The lowest BCUT2D eigenvalue weighted by atomic mass is 9.91. The Kier molecular flexibility index (Phi) is 3.24. The summed E-state index contributed by atoms with van der Waals surface area (Å²) in [6.07, 6.45) is 5.11. The van der Waals surface area contributed by atoms with Crippen molar-refractivity contribution in [3.63, 3.8) is 0 Å². The number of hydrogen-bond donors (Lipinski definition) is 1. The van der Waals surface area contributed by atoms with Gasteiger partial charge in [0.2, 0.25) is 0 Å². The van der Waals surface area contributed by atoms with Crippen molar-refractivity contribution in [2.24, 2.45) is 5.73 Å². The minimum Gasteiger partial charge on any atom is -0.326 e. The van der Waals surface area contributed by atoms with Gasteiger partial charge in [0.05, 0.1) is 6.04 Å². The molecule has 1 aliphatic carbocycles. The summed E-state index contributed by atoms with van der Waals surface area (Å²) in [5, 5.41) is 0. The lowest BCUT2D eigenvalue weighted by molar-refractivity contribution is 0.119. The van der Waals surface area contributed by atoms with E-state index in [9.17, 15) is 0 Å². The highest BCUT2D eigenvalue weighted by molar-refractivity contribution is 9.10. The van der Waals surface area contributed by atoms with Crippen LogP contribution in [0.1, 0.15) is 37.3 Å². The predicted octanol–water partition coefficient (Wildman–Crippen LogP) is 3.08. The normalized spacial score (nSPS) is 30.5. The van der Waals surface area contributed by atoms with Gasteiger partial charge >= 0.3 is 0 Å². The number of hydrogen-bond acceptors (Lipinski definition) is 2. The molecule has 2 aliphatic rings. The Morgan fingerprint density at radius 2 is 1.94 bits per heavy atom. The fraction of sp³-hybridized carbons (Fsp3) is 0.571. The van der Waals surface area contributed by atoms with E-state index in [1.54, 1.807) is 0 Å². The van der Waals surface area contributed by atoms with E-state index >= 15 is 0 Å². The lowest BCUT2D eigenvalue weighted by Gasteiger charge is -2.40. The van der Waals surface area contributed by atoms with Crippen LogP contribution in [0.15, 0.2) is 28.7 Å². The van der Waals surface area contributed by atoms with Gasteiger partial charge in [0.15, 0.2) is 0 Å². The van der Waals surface area contributed by atoms with E-state index in [1.807, 2.05) is 0 Å². The summed E-state index contributed by atoms with van der Waals surface area (Å²) >= 11 is 3.67. The summed E-state index contributed by atoms with van der Waals surface area (Å²) in [5.41, 5.74) is 7.74. The van der Waals surface area contributed by atoms with E-state index in [4.69, 9.17) is 5.73 Å². The Morgan fingerprint density at radius 3 is 2.65 bits per heavy atom. The molecule has 2 unspecified atom stereocenters. The zero-order valence-corrected chi connectivity index (χ0v) is 11.6. The van der Waals surface area contributed by atoms with Crippen molar-refractivity contribution in [3.8, 4) is 0 Å². The molecule has 1 aromatic carbocycles. The van der Waals surface area contributed by atoms with Gasteiger partial charge in [-0.3, -0.25) is 4.90 Å². The molecule has 2 nitrogen and oxygen atoms in total. The van der Waals surface area contributed by atoms with E-state index < -0.39 is 0 Å². The summed E-state index contributed by atoms with van der Waals surface area (Å²) in [6.45, 7) is 1.21. The number of nitrogens with two attached hydrogens (primary N) is 1. The van der Waals surface area contributed by atoms with Gasteiger partial charge < -0.3 is 5.73 Å². The van der Waals surface area contributed by atoms with Crippen LogP contribution >= 0.6 is 15.9 Å². The molecule has 2 N–H and O–H groups in total. The van der Waals surface area contributed by atoms with Crippen LogP contribution in [-0.2, 0) is 0 Å². The van der Waals surface area contributed by atoms with Crippen LogP contribution in [0.25, 0.3) is 0 Å². The fourth-order valence-corrected chi connectivity index (χ4v) is 3.51. The predicted molar refractivity (Wildman–Crippen MR) is 73.8 cm³/mol. The highest BCUT2D eigenvalue weighted by Gasteiger charge is 2.39. The lowest BCUT2D eigenvalue weighted by Crippen LogP contribution is -2.46. The van der Waals surface area contributed by atoms with Crippen molar-refractivity contribution in [1.29, 1.82) is 0 Å². The minimum atomic E-state index is 0.281. The first-order valence-corrected chi connectivity index (χ1v) is 7.32. The van der Waals surface area contributed by atoms with E-state index in [2.05, 4.69) is 45.1 Å². The van der Waals surface area contributed by atoms with Gasteiger partial charge in [0.1, 0.15) is 0 Å². The zero-order chi connectivity index (χ0) is 11.8. The number of likely N-dealkylation sites (tertiary alicyclic amines) is 1. The largest absolute Gasteiger partial charge is 0.326 e. The Labute approximate surface area is 111 Å². The highest BCUT2D eigenvalue weighted by Crippen LogP contribution is 2.41. The summed E-state index contributed by atoms with van der Waals surface area (Å²) in [4.78, 5) is 2.63. The molecular weight excluding hydrogens is 276 g/mol. The standard InChI is InChI=1S/C14H19BrN2/c15-12-5-2-1-4-11(12)14-13(16)6-3-9-17(14)10-7-8-10/h1-2,4-5,10,13-14H,3,6-9,16H2. The van der Waals surface area contributed by atoms with Crippen LogP contribution in [0.4, 0.5) is 0 Å². The zero-order valence-electron chi connectivity index (χ0n) is 9.98. The maximum absolute atomic E-state index is 6.37. The van der Waals surface area contributed by atoms with Crippen molar-refractivity contribution in [2.75, 3.05) is 6.54 Å². The van der Waals surface area contributed by atoms with Gasteiger partial charge in [-0.2, -0.15) is 0 Å². The third kappa shape index (κ3) is 2.28. The van der Waals surface area contributed by atoms with Crippen molar-refractivity contribution >= 4 is 15.9 Å². The van der Waals surface area contributed by atoms with E-state index in [-0.39, 0.29) is 6.04 Å². The average Bonchev–Trinajstić information content (AvgIpc) is 3.14. The highest BCUT2D eigenvalue weighted by atomic mass is 79.9. The van der Waals surface area contributed by atoms with Crippen molar-refractivity contribution in [3.05, 3.63) is 34.3 Å². The maximum Gasteiger partial charge on any atom is 0.0513 e. The van der Waals surface area contributed by atoms with E-state index in [0.29, 0.717) is 6.04 Å². The summed E-state index contributed by atoms with van der Waals surface area (Å²) in [7, 11) is 0. The molecule has 0 amide bonds. The first kappa shape index (κ1) is 11.7. The molecule has 1 aliphatic heterocycles. The number of benzene rings is 1. The van der Waals surface area contributed by atoms with Crippen molar-refractivity contribution < 1.29 is 0 Å². The molecule has 3 rings (SSSR count). The molecule has 0 spiro atoms. The Hall–Kier alpha value is -0.380. The minimum absolute atomic E-state index is 0.281. The van der Waals surface area contributed by atoms with Crippen LogP contribution in [0.2, 0.25) is 0 Å². The Balaban J connectivity index is 1.93. The van der Waals surface area contributed by atoms with Crippen LogP contribution in [0.3, 0.4) is 0 Å². The summed E-state index contributed by atoms with van der Waals surface area (Å²) in [5.74, 6) is 0. The molecular formula is C14H19BrN2. The molecule has 1 saturated carbocycles.